The van der Waals surface area contributed by atoms with Crippen molar-refractivity contribution >= 4 is 0 Å². The lowest BCUT2D eigenvalue weighted by atomic mass is 9.97. The lowest BCUT2D eigenvalue weighted by molar-refractivity contribution is 0.156. The fourth-order valence-corrected chi connectivity index (χ4v) is 3.63. The third-order valence-electron chi connectivity index (χ3n) is 4.87. The number of likely N-dealkylation sites (tertiary alicyclic amines) is 1. The fourth-order valence-electron chi connectivity index (χ4n) is 3.63. The van der Waals surface area contributed by atoms with Gasteiger partial charge in [0, 0.05) is 18.6 Å². The predicted molar refractivity (Wildman–Crippen MR) is 84.6 cm³/mol. The highest BCUT2D eigenvalue weighted by molar-refractivity contribution is 5.11. The van der Waals surface area contributed by atoms with E-state index in [1.165, 1.54) is 31.5 Å². The first-order valence-electron chi connectivity index (χ1n) is 8.11. The van der Waals surface area contributed by atoms with E-state index in [1.807, 2.05) is 7.05 Å². The standard InChI is InChI=1S/C17H28FN3/c1-5-15-8-6-13(3)21(15)11-12(2)17(19-4)16-9-7-14(18)10-20-16/h7,9-10,12-13,15,17,19H,5-6,8,11H2,1-4H3. The third kappa shape index (κ3) is 3.80. The van der Waals surface area contributed by atoms with Gasteiger partial charge in [0.1, 0.15) is 5.82 Å². The summed E-state index contributed by atoms with van der Waals surface area (Å²) in [5, 5.41) is 3.35. The first kappa shape index (κ1) is 16.4. The van der Waals surface area contributed by atoms with Gasteiger partial charge in [-0.3, -0.25) is 9.88 Å². The summed E-state index contributed by atoms with van der Waals surface area (Å²) in [6.45, 7) is 7.92. The summed E-state index contributed by atoms with van der Waals surface area (Å²) < 4.78 is 13.0. The normalized spacial score (nSPS) is 26.0. The van der Waals surface area contributed by atoms with Crippen LogP contribution in [-0.4, -0.2) is 35.6 Å². The number of nitrogens with zero attached hydrogens (tertiary/aromatic N) is 2. The Labute approximate surface area is 127 Å². The smallest absolute Gasteiger partial charge is 0.141 e. The van der Waals surface area contributed by atoms with Crippen molar-refractivity contribution in [2.24, 2.45) is 5.92 Å². The Kier molecular flexibility index (Phi) is 5.71. The second-order valence-electron chi connectivity index (χ2n) is 6.33. The molecule has 1 aromatic rings. The number of halogens is 1. The van der Waals surface area contributed by atoms with Crippen molar-refractivity contribution in [3.05, 3.63) is 29.8 Å². The fraction of sp³-hybridized carbons (Fsp3) is 0.706. The average molecular weight is 293 g/mol. The molecular weight excluding hydrogens is 265 g/mol. The molecule has 2 heterocycles. The SMILES string of the molecule is CCC1CCC(C)N1CC(C)C(NC)c1ccc(F)cn1. The van der Waals surface area contributed by atoms with Gasteiger partial charge in [0.25, 0.3) is 0 Å². The molecule has 1 aliphatic rings. The van der Waals surface area contributed by atoms with E-state index in [4.69, 9.17) is 0 Å². The van der Waals surface area contributed by atoms with Gasteiger partial charge in [-0.05, 0) is 51.3 Å². The lowest BCUT2D eigenvalue weighted by Gasteiger charge is -2.33. The van der Waals surface area contributed by atoms with Crippen molar-refractivity contribution in [1.82, 2.24) is 15.2 Å². The van der Waals surface area contributed by atoms with Gasteiger partial charge in [-0.1, -0.05) is 13.8 Å². The second kappa shape index (κ2) is 7.32. The van der Waals surface area contributed by atoms with Crippen molar-refractivity contribution < 1.29 is 4.39 Å². The van der Waals surface area contributed by atoms with Gasteiger partial charge < -0.3 is 5.32 Å². The molecule has 0 amide bonds. The summed E-state index contributed by atoms with van der Waals surface area (Å²) in [6, 6.07) is 4.82. The second-order valence-corrected chi connectivity index (χ2v) is 6.33. The molecule has 1 fully saturated rings. The molecule has 4 heteroatoms. The Bertz CT molecular complexity index is 434. The van der Waals surface area contributed by atoms with Crippen molar-refractivity contribution in [3.8, 4) is 0 Å². The zero-order chi connectivity index (χ0) is 15.4. The summed E-state index contributed by atoms with van der Waals surface area (Å²) in [7, 11) is 1.96. The molecule has 0 aliphatic carbocycles. The summed E-state index contributed by atoms with van der Waals surface area (Å²) in [5.41, 5.74) is 0.922. The van der Waals surface area contributed by atoms with Crippen LogP contribution in [0.25, 0.3) is 0 Å². The quantitative estimate of drug-likeness (QED) is 0.871. The van der Waals surface area contributed by atoms with E-state index < -0.39 is 0 Å². The number of hydrogen-bond acceptors (Lipinski definition) is 3. The maximum Gasteiger partial charge on any atom is 0.141 e. The van der Waals surface area contributed by atoms with Gasteiger partial charge in [0.05, 0.1) is 17.9 Å². The van der Waals surface area contributed by atoms with Crippen LogP contribution in [0.2, 0.25) is 0 Å². The van der Waals surface area contributed by atoms with E-state index in [-0.39, 0.29) is 11.9 Å². The number of pyridine rings is 1. The molecule has 3 nitrogen and oxygen atoms in total. The van der Waals surface area contributed by atoms with Crippen molar-refractivity contribution in [1.29, 1.82) is 0 Å². The van der Waals surface area contributed by atoms with Gasteiger partial charge >= 0.3 is 0 Å². The number of nitrogens with one attached hydrogen (secondary N) is 1. The molecular formula is C17H28FN3. The van der Waals surface area contributed by atoms with E-state index in [0.29, 0.717) is 18.0 Å². The van der Waals surface area contributed by atoms with E-state index in [1.54, 1.807) is 6.07 Å². The van der Waals surface area contributed by atoms with Crippen LogP contribution in [0, 0.1) is 11.7 Å². The van der Waals surface area contributed by atoms with Crippen LogP contribution >= 0.6 is 0 Å². The molecule has 21 heavy (non-hydrogen) atoms. The predicted octanol–water partition coefficient (Wildman–Crippen LogP) is 3.38. The molecule has 1 saturated heterocycles. The van der Waals surface area contributed by atoms with Gasteiger partial charge in [0.2, 0.25) is 0 Å². The summed E-state index contributed by atoms with van der Waals surface area (Å²) >= 11 is 0. The highest BCUT2D eigenvalue weighted by Crippen LogP contribution is 2.29. The summed E-state index contributed by atoms with van der Waals surface area (Å²) in [5.74, 6) is 0.156. The Morgan fingerprint density at radius 3 is 2.76 bits per heavy atom. The Morgan fingerprint density at radius 1 is 1.43 bits per heavy atom. The maximum atomic E-state index is 13.0. The Hall–Kier alpha value is -1.00. The lowest BCUT2D eigenvalue weighted by Crippen LogP contribution is -2.40. The van der Waals surface area contributed by atoms with Crippen LogP contribution < -0.4 is 5.32 Å². The van der Waals surface area contributed by atoms with Crippen LogP contribution in [0.5, 0.6) is 0 Å². The summed E-state index contributed by atoms with van der Waals surface area (Å²) in [4.78, 5) is 6.88. The van der Waals surface area contributed by atoms with Crippen molar-refractivity contribution in [2.75, 3.05) is 13.6 Å². The molecule has 4 atom stereocenters. The van der Waals surface area contributed by atoms with Crippen LogP contribution in [-0.2, 0) is 0 Å². The minimum Gasteiger partial charge on any atom is -0.311 e. The summed E-state index contributed by atoms with van der Waals surface area (Å²) in [6.07, 6.45) is 5.13. The van der Waals surface area contributed by atoms with E-state index in [0.717, 1.165) is 12.2 Å². The molecule has 4 unspecified atom stereocenters. The average Bonchev–Trinajstić information content (AvgIpc) is 2.82. The highest BCUT2D eigenvalue weighted by Gasteiger charge is 2.32. The van der Waals surface area contributed by atoms with Crippen molar-refractivity contribution in [2.45, 2.75) is 58.2 Å². The molecule has 0 bridgehead atoms. The van der Waals surface area contributed by atoms with Gasteiger partial charge in [-0.25, -0.2) is 4.39 Å². The van der Waals surface area contributed by atoms with Gasteiger partial charge in [-0.15, -0.1) is 0 Å². The molecule has 118 valence electrons. The van der Waals surface area contributed by atoms with Crippen molar-refractivity contribution in [3.63, 3.8) is 0 Å². The number of rotatable bonds is 6. The minimum atomic E-state index is -0.277. The van der Waals surface area contributed by atoms with E-state index in [2.05, 4.69) is 36.0 Å². The van der Waals surface area contributed by atoms with Gasteiger partial charge in [-0.2, -0.15) is 0 Å². The Morgan fingerprint density at radius 2 is 2.19 bits per heavy atom. The third-order valence-corrected chi connectivity index (χ3v) is 4.87. The topological polar surface area (TPSA) is 28.2 Å². The molecule has 0 aromatic carbocycles. The Balaban J connectivity index is 2.06. The van der Waals surface area contributed by atoms with E-state index >= 15 is 0 Å². The first-order valence-corrected chi connectivity index (χ1v) is 8.11. The van der Waals surface area contributed by atoms with E-state index in [9.17, 15) is 4.39 Å². The van der Waals surface area contributed by atoms with Crippen LogP contribution in [0.15, 0.2) is 18.3 Å². The number of aromatic nitrogens is 1. The number of hydrogen-bond donors (Lipinski definition) is 1. The molecule has 0 saturated carbocycles. The van der Waals surface area contributed by atoms with Crippen LogP contribution in [0.4, 0.5) is 4.39 Å². The molecule has 0 radical (unpaired) electrons. The largest absolute Gasteiger partial charge is 0.311 e. The van der Waals surface area contributed by atoms with Crippen LogP contribution in [0.3, 0.4) is 0 Å². The molecule has 1 aromatic heterocycles. The zero-order valence-corrected chi connectivity index (χ0v) is 13.6. The van der Waals surface area contributed by atoms with Gasteiger partial charge in [0.15, 0.2) is 0 Å². The highest BCUT2D eigenvalue weighted by atomic mass is 19.1. The monoisotopic (exact) mass is 293 g/mol. The molecule has 2 rings (SSSR count). The maximum absolute atomic E-state index is 13.0. The molecule has 1 aliphatic heterocycles. The van der Waals surface area contributed by atoms with Crippen LogP contribution in [0.1, 0.15) is 51.8 Å². The molecule has 1 N–H and O–H groups in total. The first-order chi connectivity index (χ1) is 10.1. The minimum absolute atomic E-state index is 0.163. The molecule has 0 spiro atoms. The zero-order valence-electron chi connectivity index (χ0n) is 13.6.